The monoisotopic (exact) mass is 324 g/mol. The van der Waals surface area contributed by atoms with Crippen LogP contribution in [0, 0.1) is 0 Å². The number of nitrogens with one attached hydrogen (secondary N) is 2. The maximum absolute atomic E-state index is 12.1. The second kappa shape index (κ2) is 6.78. The third-order valence-corrected chi connectivity index (χ3v) is 3.49. The Balaban J connectivity index is 1.99. The molecule has 0 fully saturated rings. The van der Waals surface area contributed by atoms with Crippen molar-refractivity contribution < 1.29 is 4.79 Å². The third kappa shape index (κ3) is 4.34. The van der Waals surface area contributed by atoms with Gasteiger partial charge in [0.2, 0.25) is 0 Å². The van der Waals surface area contributed by atoms with Crippen molar-refractivity contribution in [2.45, 2.75) is 19.4 Å². The first-order valence-electron chi connectivity index (χ1n) is 6.39. The molecule has 0 aliphatic heterocycles. The van der Waals surface area contributed by atoms with Crippen LogP contribution >= 0.6 is 23.2 Å². The molecule has 0 aliphatic rings. The molecule has 0 radical (unpaired) electrons. The molecular weight excluding hydrogens is 311 g/mol. The Morgan fingerprint density at radius 2 is 1.95 bits per heavy atom. The highest BCUT2D eigenvalue weighted by Gasteiger charge is 2.12. The quantitative estimate of drug-likeness (QED) is 0.908. The third-order valence-electron chi connectivity index (χ3n) is 2.95. The molecule has 0 bridgehead atoms. The molecule has 1 atom stereocenters. The van der Waals surface area contributed by atoms with Gasteiger partial charge in [0, 0.05) is 17.3 Å². The first-order valence-corrected chi connectivity index (χ1v) is 7.15. The van der Waals surface area contributed by atoms with Crippen LogP contribution in [0.2, 0.25) is 10.0 Å². The summed E-state index contributed by atoms with van der Waals surface area (Å²) in [5, 5.41) is 3.53. The van der Waals surface area contributed by atoms with E-state index >= 15 is 0 Å². The summed E-state index contributed by atoms with van der Waals surface area (Å²) in [7, 11) is 0. The Hall–Kier alpha value is -1.78. The fourth-order valence-corrected chi connectivity index (χ4v) is 2.22. The summed E-state index contributed by atoms with van der Waals surface area (Å²) in [5.74, 6) is -0.283. The van der Waals surface area contributed by atoms with Crippen molar-refractivity contribution in [3.05, 3.63) is 68.1 Å². The fraction of sp³-hybridized carbons (Fsp3) is 0.200. The van der Waals surface area contributed by atoms with Gasteiger partial charge in [0.15, 0.2) is 0 Å². The molecule has 4 nitrogen and oxygen atoms in total. The minimum Gasteiger partial charge on any atom is -0.349 e. The number of pyridine rings is 1. The van der Waals surface area contributed by atoms with Gasteiger partial charge in [-0.05, 0) is 37.1 Å². The zero-order valence-electron chi connectivity index (χ0n) is 11.3. The number of amides is 1. The molecule has 0 aliphatic carbocycles. The number of carbonyl (C=O) groups excluding carboxylic acids is 1. The van der Waals surface area contributed by atoms with Gasteiger partial charge in [0.25, 0.3) is 11.5 Å². The second-order valence-corrected chi connectivity index (χ2v) is 5.61. The van der Waals surface area contributed by atoms with Crippen LogP contribution in [-0.2, 0) is 6.42 Å². The molecule has 110 valence electrons. The maximum Gasteiger partial charge on any atom is 0.266 e. The van der Waals surface area contributed by atoms with E-state index in [9.17, 15) is 9.59 Å². The molecule has 1 unspecified atom stereocenters. The fourth-order valence-electron chi connectivity index (χ4n) is 1.92. The van der Waals surface area contributed by atoms with E-state index in [0.29, 0.717) is 17.0 Å². The van der Waals surface area contributed by atoms with Crippen LogP contribution in [0.5, 0.6) is 0 Å². The van der Waals surface area contributed by atoms with E-state index in [0.717, 1.165) is 5.56 Å². The molecule has 2 rings (SSSR count). The Morgan fingerprint density at radius 1 is 1.29 bits per heavy atom. The van der Waals surface area contributed by atoms with Crippen molar-refractivity contribution in [3.63, 3.8) is 0 Å². The minimum atomic E-state index is -0.414. The van der Waals surface area contributed by atoms with Crippen molar-refractivity contribution in [2.75, 3.05) is 0 Å². The van der Waals surface area contributed by atoms with Gasteiger partial charge in [-0.2, -0.15) is 0 Å². The SMILES string of the molecule is CC(Cc1ccc(Cl)cc1)NC(=O)c1c[nH]c(=O)c(Cl)c1. The van der Waals surface area contributed by atoms with E-state index in [1.165, 1.54) is 12.3 Å². The van der Waals surface area contributed by atoms with Gasteiger partial charge >= 0.3 is 0 Å². The first kappa shape index (κ1) is 15.6. The molecule has 6 heteroatoms. The average Bonchev–Trinajstić information content (AvgIpc) is 2.44. The van der Waals surface area contributed by atoms with Crippen LogP contribution in [0.25, 0.3) is 0 Å². The number of rotatable bonds is 4. The van der Waals surface area contributed by atoms with Crippen LogP contribution in [0.4, 0.5) is 0 Å². The van der Waals surface area contributed by atoms with Crippen molar-refractivity contribution in [1.82, 2.24) is 10.3 Å². The first-order chi connectivity index (χ1) is 9.95. The molecule has 1 heterocycles. The summed E-state index contributed by atoms with van der Waals surface area (Å²) in [6.45, 7) is 1.90. The Morgan fingerprint density at radius 3 is 2.57 bits per heavy atom. The van der Waals surface area contributed by atoms with Crippen molar-refractivity contribution in [1.29, 1.82) is 0 Å². The molecule has 21 heavy (non-hydrogen) atoms. The highest BCUT2D eigenvalue weighted by Crippen LogP contribution is 2.11. The maximum atomic E-state index is 12.1. The average molecular weight is 325 g/mol. The lowest BCUT2D eigenvalue weighted by Gasteiger charge is -2.14. The highest BCUT2D eigenvalue weighted by atomic mass is 35.5. The standard InChI is InChI=1S/C15H14Cl2N2O2/c1-9(6-10-2-4-12(16)5-3-10)19-14(20)11-7-13(17)15(21)18-8-11/h2-5,7-9H,6H2,1H3,(H,18,21)(H,19,20). The lowest BCUT2D eigenvalue weighted by molar-refractivity contribution is 0.0939. The van der Waals surface area contributed by atoms with Crippen LogP contribution in [0.1, 0.15) is 22.8 Å². The van der Waals surface area contributed by atoms with Crippen LogP contribution in [0.15, 0.2) is 41.3 Å². The molecule has 0 saturated carbocycles. The largest absolute Gasteiger partial charge is 0.349 e. The molecule has 2 N–H and O–H groups in total. The predicted octanol–water partition coefficient (Wildman–Crippen LogP) is 3.04. The van der Waals surface area contributed by atoms with E-state index in [2.05, 4.69) is 10.3 Å². The van der Waals surface area contributed by atoms with Gasteiger partial charge in [-0.3, -0.25) is 9.59 Å². The lowest BCUT2D eigenvalue weighted by atomic mass is 10.1. The predicted molar refractivity (Wildman–Crippen MR) is 84.2 cm³/mol. The number of aromatic amines is 1. The Bertz CT molecular complexity index is 696. The van der Waals surface area contributed by atoms with Crippen molar-refractivity contribution in [3.8, 4) is 0 Å². The van der Waals surface area contributed by atoms with E-state index in [-0.39, 0.29) is 17.0 Å². The van der Waals surface area contributed by atoms with Gasteiger partial charge in [-0.1, -0.05) is 35.3 Å². The summed E-state index contributed by atoms with van der Waals surface area (Å²) in [6.07, 6.45) is 2.03. The Labute approximate surface area is 132 Å². The van der Waals surface area contributed by atoms with Gasteiger partial charge in [0.05, 0.1) is 5.56 Å². The normalized spacial score (nSPS) is 12.0. The smallest absolute Gasteiger partial charge is 0.266 e. The van der Waals surface area contributed by atoms with Crippen molar-refractivity contribution in [2.24, 2.45) is 0 Å². The number of hydrogen-bond acceptors (Lipinski definition) is 2. The molecule has 0 saturated heterocycles. The van der Waals surface area contributed by atoms with Crippen LogP contribution in [0.3, 0.4) is 0 Å². The second-order valence-electron chi connectivity index (χ2n) is 4.77. The number of hydrogen-bond donors (Lipinski definition) is 2. The number of benzene rings is 1. The Kier molecular flexibility index (Phi) is 5.04. The molecule has 1 aromatic carbocycles. The van der Waals surface area contributed by atoms with E-state index in [4.69, 9.17) is 23.2 Å². The van der Waals surface area contributed by atoms with E-state index in [1.807, 2.05) is 31.2 Å². The van der Waals surface area contributed by atoms with E-state index < -0.39 is 5.56 Å². The van der Waals surface area contributed by atoms with Gasteiger partial charge < -0.3 is 10.3 Å². The summed E-state index contributed by atoms with van der Waals surface area (Å²) in [6, 6.07) is 8.75. The number of H-pyrrole nitrogens is 1. The number of halogens is 2. The lowest BCUT2D eigenvalue weighted by Crippen LogP contribution is -2.34. The summed E-state index contributed by atoms with van der Waals surface area (Å²) < 4.78 is 0. The number of aromatic nitrogens is 1. The number of carbonyl (C=O) groups is 1. The topological polar surface area (TPSA) is 62.0 Å². The molecule has 2 aromatic rings. The van der Waals surface area contributed by atoms with Crippen LogP contribution in [-0.4, -0.2) is 16.9 Å². The molecule has 0 spiro atoms. The van der Waals surface area contributed by atoms with Gasteiger partial charge in [-0.25, -0.2) is 0 Å². The summed E-state index contributed by atoms with van der Waals surface area (Å²) in [5.41, 5.74) is 0.983. The molecule has 1 amide bonds. The molecular formula is C15H14Cl2N2O2. The van der Waals surface area contributed by atoms with Gasteiger partial charge in [-0.15, -0.1) is 0 Å². The van der Waals surface area contributed by atoms with Crippen molar-refractivity contribution >= 4 is 29.1 Å². The highest BCUT2D eigenvalue weighted by molar-refractivity contribution is 6.30. The zero-order chi connectivity index (χ0) is 15.4. The summed E-state index contributed by atoms with van der Waals surface area (Å²) in [4.78, 5) is 25.6. The van der Waals surface area contributed by atoms with E-state index in [1.54, 1.807) is 0 Å². The summed E-state index contributed by atoms with van der Waals surface area (Å²) >= 11 is 11.5. The molecule has 1 aromatic heterocycles. The minimum absolute atomic E-state index is 0.00648. The zero-order valence-corrected chi connectivity index (χ0v) is 12.8. The van der Waals surface area contributed by atoms with Gasteiger partial charge in [0.1, 0.15) is 5.02 Å². The van der Waals surface area contributed by atoms with Crippen LogP contribution < -0.4 is 10.9 Å².